The van der Waals surface area contributed by atoms with Crippen molar-refractivity contribution in [1.29, 1.82) is 0 Å². The number of carbonyl (C=O) groups is 2. The van der Waals surface area contributed by atoms with Gasteiger partial charge >= 0.3 is 0 Å². The number of amides is 2. The van der Waals surface area contributed by atoms with Gasteiger partial charge in [-0.3, -0.25) is 14.5 Å². The molecule has 3 aliphatic rings. The largest absolute Gasteiger partial charge is 0.394 e. The van der Waals surface area contributed by atoms with Crippen LogP contribution in [0.4, 0.5) is 0 Å². The molecule has 0 bridgehead atoms. The number of aliphatic hydroxyl groups excluding tert-OH is 1. The summed E-state index contributed by atoms with van der Waals surface area (Å²) in [5.74, 6) is 0.224. The molecule has 1 atom stereocenters. The summed E-state index contributed by atoms with van der Waals surface area (Å²) in [7, 11) is 0. The molecule has 3 aliphatic heterocycles. The lowest BCUT2D eigenvalue weighted by Gasteiger charge is -2.40. The summed E-state index contributed by atoms with van der Waals surface area (Å²) < 4.78 is 5.33. The van der Waals surface area contributed by atoms with Crippen molar-refractivity contribution in [2.75, 3.05) is 59.1 Å². The second-order valence-corrected chi connectivity index (χ2v) is 8.21. The quantitative estimate of drug-likeness (QED) is 0.769. The number of piperidine rings is 1. The van der Waals surface area contributed by atoms with Gasteiger partial charge < -0.3 is 19.6 Å². The molecule has 142 valence electrons. The fraction of sp³-hybridized carbons (Fsp3) is 0.889. The second-order valence-electron chi connectivity index (χ2n) is 8.21. The summed E-state index contributed by atoms with van der Waals surface area (Å²) in [6.45, 7) is 9.27. The van der Waals surface area contributed by atoms with Gasteiger partial charge in [-0.25, -0.2) is 0 Å². The fourth-order valence-corrected chi connectivity index (χ4v) is 4.73. The Bertz CT molecular complexity index is 512. The lowest BCUT2D eigenvalue weighted by atomic mass is 9.74. The third-order valence-corrected chi connectivity index (χ3v) is 6.26. The van der Waals surface area contributed by atoms with E-state index in [1.165, 1.54) is 0 Å². The Labute approximate surface area is 149 Å². The highest BCUT2D eigenvalue weighted by atomic mass is 16.5. The van der Waals surface area contributed by atoms with Gasteiger partial charge in [0.25, 0.3) is 0 Å². The summed E-state index contributed by atoms with van der Waals surface area (Å²) >= 11 is 0. The van der Waals surface area contributed by atoms with Crippen molar-refractivity contribution in [2.24, 2.45) is 5.41 Å². The van der Waals surface area contributed by atoms with Gasteiger partial charge in [0.1, 0.15) is 0 Å². The number of hydrogen-bond acceptors (Lipinski definition) is 5. The molecule has 0 aromatic heterocycles. The first kappa shape index (κ1) is 18.6. The summed E-state index contributed by atoms with van der Waals surface area (Å²) in [5, 5.41) is 9.81. The highest BCUT2D eigenvalue weighted by Gasteiger charge is 2.52. The number of morpholine rings is 1. The highest BCUT2D eigenvalue weighted by Crippen LogP contribution is 2.47. The minimum Gasteiger partial charge on any atom is -0.394 e. The Morgan fingerprint density at radius 2 is 1.76 bits per heavy atom. The van der Waals surface area contributed by atoms with Crippen LogP contribution in [0.15, 0.2) is 0 Å². The van der Waals surface area contributed by atoms with Gasteiger partial charge in [-0.1, -0.05) is 0 Å². The van der Waals surface area contributed by atoms with Crippen LogP contribution >= 0.6 is 0 Å². The zero-order chi connectivity index (χ0) is 18.1. The standard InChI is InChI=1S/C18H31N3O4/c1-15(23)21-13-18(12-17(21,2)14-22)3-5-20(6-4-18)16(24)11-19-7-9-25-10-8-19/h22H,3-14H2,1-2H3/t17-/m1/s1. The van der Waals surface area contributed by atoms with Crippen molar-refractivity contribution in [3.8, 4) is 0 Å². The molecule has 3 saturated heterocycles. The van der Waals surface area contributed by atoms with Crippen molar-refractivity contribution < 1.29 is 19.4 Å². The van der Waals surface area contributed by atoms with Gasteiger partial charge in [0.15, 0.2) is 0 Å². The predicted octanol–water partition coefficient (Wildman–Crippen LogP) is -0.0694. The lowest BCUT2D eigenvalue weighted by molar-refractivity contribution is -0.137. The van der Waals surface area contributed by atoms with Crippen LogP contribution in [0.2, 0.25) is 0 Å². The van der Waals surface area contributed by atoms with Crippen LogP contribution in [-0.2, 0) is 14.3 Å². The molecule has 0 aromatic rings. The summed E-state index contributed by atoms with van der Waals surface area (Å²) in [5.41, 5.74) is -0.426. The first-order chi connectivity index (χ1) is 11.9. The number of ether oxygens (including phenoxy) is 1. The van der Waals surface area contributed by atoms with Crippen LogP contribution in [0.5, 0.6) is 0 Å². The maximum Gasteiger partial charge on any atom is 0.236 e. The smallest absolute Gasteiger partial charge is 0.236 e. The monoisotopic (exact) mass is 353 g/mol. The molecule has 3 fully saturated rings. The van der Waals surface area contributed by atoms with Crippen molar-refractivity contribution in [3.63, 3.8) is 0 Å². The second kappa shape index (κ2) is 7.21. The molecule has 3 heterocycles. The topological polar surface area (TPSA) is 73.3 Å². The number of aliphatic hydroxyl groups is 1. The zero-order valence-corrected chi connectivity index (χ0v) is 15.5. The van der Waals surface area contributed by atoms with E-state index in [-0.39, 0.29) is 23.8 Å². The zero-order valence-electron chi connectivity index (χ0n) is 15.5. The Balaban J connectivity index is 1.56. The molecule has 0 saturated carbocycles. The van der Waals surface area contributed by atoms with E-state index in [0.29, 0.717) is 26.3 Å². The molecule has 2 amide bonds. The van der Waals surface area contributed by atoms with Gasteiger partial charge in [-0.15, -0.1) is 0 Å². The molecule has 7 nitrogen and oxygen atoms in total. The van der Waals surface area contributed by atoms with Gasteiger partial charge in [0, 0.05) is 39.6 Å². The average Bonchev–Trinajstić information content (AvgIpc) is 2.90. The third kappa shape index (κ3) is 3.83. The maximum atomic E-state index is 12.6. The Morgan fingerprint density at radius 3 is 2.28 bits per heavy atom. The lowest BCUT2D eigenvalue weighted by Crippen LogP contribution is -2.49. The third-order valence-electron chi connectivity index (χ3n) is 6.26. The number of hydrogen-bond donors (Lipinski definition) is 1. The first-order valence-electron chi connectivity index (χ1n) is 9.34. The Kier molecular flexibility index (Phi) is 5.37. The van der Waals surface area contributed by atoms with Crippen molar-refractivity contribution >= 4 is 11.8 Å². The minimum atomic E-state index is -0.466. The van der Waals surface area contributed by atoms with Crippen molar-refractivity contribution in [1.82, 2.24) is 14.7 Å². The maximum absolute atomic E-state index is 12.6. The van der Waals surface area contributed by atoms with E-state index < -0.39 is 5.54 Å². The van der Waals surface area contributed by atoms with E-state index >= 15 is 0 Å². The van der Waals surface area contributed by atoms with Crippen LogP contribution in [0, 0.1) is 5.41 Å². The van der Waals surface area contributed by atoms with Gasteiger partial charge in [0.2, 0.25) is 11.8 Å². The number of carbonyl (C=O) groups excluding carboxylic acids is 2. The van der Waals surface area contributed by atoms with Crippen LogP contribution in [0.1, 0.15) is 33.1 Å². The van der Waals surface area contributed by atoms with Crippen LogP contribution in [0.3, 0.4) is 0 Å². The fourth-order valence-electron chi connectivity index (χ4n) is 4.73. The van der Waals surface area contributed by atoms with E-state index in [4.69, 9.17) is 4.74 Å². The predicted molar refractivity (Wildman–Crippen MR) is 93.0 cm³/mol. The molecule has 3 rings (SSSR count). The van der Waals surface area contributed by atoms with Crippen LogP contribution < -0.4 is 0 Å². The SMILES string of the molecule is CC(=O)N1CC2(CCN(C(=O)CN3CCOCC3)CC2)C[C@]1(C)CO. The molecular weight excluding hydrogens is 322 g/mol. The van der Waals surface area contributed by atoms with E-state index in [1.54, 1.807) is 6.92 Å². The highest BCUT2D eigenvalue weighted by molar-refractivity contribution is 5.78. The summed E-state index contributed by atoms with van der Waals surface area (Å²) in [6, 6.07) is 0. The molecule has 1 N–H and O–H groups in total. The summed E-state index contributed by atoms with van der Waals surface area (Å²) in [4.78, 5) is 30.5. The van der Waals surface area contributed by atoms with Crippen molar-refractivity contribution in [3.05, 3.63) is 0 Å². The average molecular weight is 353 g/mol. The van der Waals surface area contributed by atoms with E-state index in [2.05, 4.69) is 4.90 Å². The molecule has 0 aromatic carbocycles. The molecule has 1 spiro atoms. The number of nitrogens with zero attached hydrogens (tertiary/aromatic N) is 3. The van der Waals surface area contributed by atoms with Gasteiger partial charge in [-0.05, 0) is 31.6 Å². The van der Waals surface area contributed by atoms with E-state index in [1.807, 2.05) is 16.7 Å². The van der Waals surface area contributed by atoms with E-state index in [9.17, 15) is 14.7 Å². The Hall–Kier alpha value is -1.18. The molecule has 0 aliphatic carbocycles. The van der Waals surface area contributed by atoms with Crippen LogP contribution in [0.25, 0.3) is 0 Å². The normalized spacial score (nSPS) is 30.0. The van der Waals surface area contributed by atoms with E-state index in [0.717, 1.165) is 45.4 Å². The molecule has 0 radical (unpaired) electrons. The Morgan fingerprint density at radius 1 is 1.12 bits per heavy atom. The molecule has 0 unspecified atom stereocenters. The summed E-state index contributed by atoms with van der Waals surface area (Å²) in [6.07, 6.45) is 2.63. The van der Waals surface area contributed by atoms with Gasteiger partial charge in [0.05, 0.1) is 31.9 Å². The van der Waals surface area contributed by atoms with Gasteiger partial charge in [-0.2, -0.15) is 0 Å². The minimum absolute atomic E-state index is 0.00595. The molecule has 25 heavy (non-hydrogen) atoms. The number of likely N-dealkylation sites (tertiary alicyclic amines) is 2. The van der Waals surface area contributed by atoms with Crippen molar-refractivity contribution in [2.45, 2.75) is 38.6 Å². The molecule has 7 heteroatoms. The first-order valence-corrected chi connectivity index (χ1v) is 9.34. The number of rotatable bonds is 3. The van der Waals surface area contributed by atoms with Crippen LogP contribution in [-0.4, -0.2) is 96.2 Å². The molecular formula is C18H31N3O4.